The zero-order valence-corrected chi connectivity index (χ0v) is 18.6. The lowest BCUT2D eigenvalue weighted by Crippen LogP contribution is -2.14. The normalized spacial score (nSPS) is 13.6. The number of nitrogens with zero attached hydrogens (tertiary/aromatic N) is 5. The predicted molar refractivity (Wildman–Crippen MR) is 134 cm³/mol. The van der Waals surface area contributed by atoms with E-state index >= 15 is 0 Å². The van der Waals surface area contributed by atoms with E-state index in [4.69, 9.17) is 15.8 Å². The van der Waals surface area contributed by atoms with Crippen LogP contribution in [0.15, 0.2) is 72.0 Å². The SMILES string of the molecule is Nc1c(-c2cccc3[nH]ncc23)cc(-n2ccc(C3CC3)n2)c2nc(-c3cccnc3)[nH]c(=O)c12. The van der Waals surface area contributed by atoms with Crippen molar-refractivity contribution in [3.05, 3.63) is 83.3 Å². The highest BCUT2D eigenvalue weighted by Gasteiger charge is 2.27. The van der Waals surface area contributed by atoms with Gasteiger partial charge in [0.25, 0.3) is 5.56 Å². The topological polar surface area (TPSA) is 131 Å². The zero-order valence-electron chi connectivity index (χ0n) is 18.6. The monoisotopic (exact) mass is 460 g/mol. The highest BCUT2D eigenvalue weighted by atomic mass is 16.1. The smallest absolute Gasteiger partial charge is 0.261 e. The van der Waals surface area contributed by atoms with Crippen molar-refractivity contribution >= 4 is 27.5 Å². The van der Waals surface area contributed by atoms with Crippen molar-refractivity contribution in [3.63, 3.8) is 0 Å². The number of nitrogen functional groups attached to an aromatic ring is 1. The van der Waals surface area contributed by atoms with Gasteiger partial charge in [0.05, 0.1) is 34.2 Å². The maximum Gasteiger partial charge on any atom is 0.261 e. The molecule has 2 aromatic carbocycles. The summed E-state index contributed by atoms with van der Waals surface area (Å²) in [7, 11) is 0. The molecule has 1 aliphatic carbocycles. The van der Waals surface area contributed by atoms with Gasteiger partial charge in [-0.05, 0) is 48.7 Å². The number of benzene rings is 2. The Bertz CT molecular complexity index is 1790. The van der Waals surface area contributed by atoms with Crippen LogP contribution in [0.5, 0.6) is 0 Å². The van der Waals surface area contributed by atoms with Crippen LogP contribution in [0, 0.1) is 0 Å². The summed E-state index contributed by atoms with van der Waals surface area (Å²) in [5, 5.41) is 13.3. The van der Waals surface area contributed by atoms with Crippen LogP contribution in [0.3, 0.4) is 0 Å². The molecule has 1 aliphatic rings. The van der Waals surface area contributed by atoms with Crippen LogP contribution in [0.2, 0.25) is 0 Å². The van der Waals surface area contributed by atoms with Gasteiger partial charge in [0.2, 0.25) is 0 Å². The van der Waals surface area contributed by atoms with E-state index in [1.807, 2.05) is 42.6 Å². The first-order chi connectivity index (χ1) is 17.2. The molecule has 9 heteroatoms. The van der Waals surface area contributed by atoms with Crippen LogP contribution < -0.4 is 11.3 Å². The molecule has 4 N–H and O–H groups in total. The maximum absolute atomic E-state index is 13.5. The van der Waals surface area contributed by atoms with Gasteiger partial charge in [0.15, 0.2) is 0 Å². The number of aromatic nitrogens is 7. The van der Waals surface area contributed by atoms with Crippen molar-refractivity contribution in [1.29, 1.82) is 0 Å². The van der Waals surface area contributed by atoms with E-state index in [1.54, 1.807) is 29.3 Å². The molecule has 0 bridgehead atoms. The number of anilines is 1. The summed E-state index contributed by atoms with van der Waals surface area (Å²) >= 11 is 0. The minimum absolute atomic E-state index is 0.316. The molecule has 6 aromatic rings. The van der Waals surface area contributed by atoms with Gasteiger partial charge < -0.3 is 10.7 Å². The summed E-state index contributed by atoms with van der Waals surface area (Å²) in [5.74, 6) is 0.924. The quantitative estimate of drug-likeness (QED) is 0.338. The molecule has 0 saturated heterocycles. The van der Waals surface area contributed by atoms with E-state index in [-0.39, 0.29) is 5.56 Å². The Morgan fingerprint density at radius 1 is 1.06 bits per heavy atom. The van der Waals surface area contributed by atoms with Gasteiger partial charge in [0, 0.05) is 41.0 Å². The van der Waals surface area contributed by atoms with Crippen LogP contribution in [0.25, 0.3) is 50.0 Å². The standard InChI is InChI=1S/C26H20N8O/c27-23-17(16-4-1-5-20-18(16)13-29-32-20)11-21(34-10-8-19(33-34)14-6-7-14)24-22(23)26(35)31-25(30-24)15-3-2-9-28-12-15/h1-5,8-14H,6-7,27H2,(H,29,32)(H,30,31,35). The second kappa shape index (κ2) is 7.36. The Kier molecular flexibility index (Phi) is 4.13. The van der Waals surface area contributed by atoms with E-state index in [0.29, 0.717) is 39.6 Å². The van der Waals surface area contributed by atoms with Gasteiger partial charge >= 0.3 is 0 Å². The lowest BCUT2D eigenvalue weighted by atomic mass is 9.97. The highest BCUT2D eigenvalue weighted by molar-refractivity contribution is 6.07. The van der Waals surface area contributed by atoms with Gasteiger partial charge in [-0.25, -0.2) is 9.67 Å². The number of hydrogen-bond acceptors (Lipinski definition) is 6. The lowest BCUT2D eigenvalue weighted by molar-refractivity contribution is 0.840. The first-order valence-electron chi connectivity index (χ1n) is 11.4. The van der Waals surface area contributed by atoms with Crippen molar-refractivity contribution < 1.29 is 0 Å². The highest BCUT2D eigenvalue weighted by Crippen LogP contribution is 2.40. The predicted octanol–water partition coefficient (Wildman–Crippen LogP) is 4.17. The lowest BCUT2D eigenvalue weighted by Gasteiger charge is -2.15. The van der Waals surface area contributed by atoms with E-state index in [2.05, 4.69) is 20.2 Å². The van der Waals surface area contributed by atoms with Crippen molar-refractivity contribution in [2.75, 3.05) is 5.73 Å². The average Bonchev–Trinajstić information content (AvgIpc) is 3.41. The Hall–Kier alpha value is -4.79. The van der Waals surface area contributed by atoms with Gasteiger partial charge in [-0.1, -0.05) is 12.1 Å². The van der Waals surface area contributed by atoms with E-state index in [1.165, 1.54) is 0 Å². The van der Waals surface area contributed by atoms with Gasteiger partial charge in [-0.3, -0.25) is 14.9 Å². The zero-order chi connectivity index (χ0) is 23.5. The fourth-order valence-electron chi connectivity index (χ4n) is 4.64. The van der Waals surface area contributed by atoms with E-state index in [0.717, 1.165) is 40.6 Å². The average molecular weight is 461 g/mol. The molecule has 0 aliphatic heterocycles. The first-order valence-corrected chi connectivity index (χ1v) is 11.4. The summed E-state index contributed by atoms with van der Waals surface area (Å²) in [4.78, 5) is 25.4. The molecule has 0 amide bonds. The van der Waals surface area contributed by atoms with Crippen LogP contribution in [0.1, 0.15) is 24.5 Å². The number of H-pyrrole nitrogens is 2. The summed E-state index contributed by atoms with van der Waals surface area (Å²) in [5.41, 5.74) is 12.1. The third kappa shape index (κ3) is 3.12. The Balaban J connectivity index is 1.56. The maximum atomic E-state index is 13.5. The van der Waals surface area contributed by atoms with Gasteiger partial charge in [-0.2, -0.15) is 10.2 Å². The molecule has 0 atom stereocenters. The molecular formula is C26H20N8O. The third-order valence-corrected chi connectivity index (χ3v) is 6.56. The molecule has 9 nitrogen and oxygen atoms in total. The van der Waals surface area contributed by atoms with Gasteiger partial charge in [0.1, 0.15) is 11.3 Å². The molecule has 1 saturated carbocycles. The number of pyridine rings is 1. The fraction of sp³-hybridized carbons (Fsp3) is 0.115. The number of aromatic amines is 2. The molecule has 4 aromatic heterocycles. The van der Waals surface area contributed by atoms with Crippen molar-refractivity contribution in [1.82, 2.24) is 34.9 Å². The molecule has 0 radical (unpaired) electrons. The van der Waals surface area contributed by atoms with E-state index in [9.17, 15) is 4.79 Å². The number of nitrogens with one attached hydrogen (secondary N) is 2. The second-order valence-electron chi connectivity index (χ2n) is 8.83. The summed E-state index contributed by atoms with van der Waals surface area (Å²) in [6, 6.07) is 13.5. The molecule has 7 rings (SSSR count). The number of hydrogen-bond donors (Lipinski definition) is 3. The summed E-state index contributed by atoms with van der Waals surface area (Å²) in [6.45, 7) is 0. The third-order valence-electron chi connectivity index (χ3n) is 6.56. The molecule has 1 fully saturated rings. The molecule has 0 spiro atoms. The van der Waals surface area contributed by atoms with Crippen molar-refractivity contribution in [2.45, 2.75) is 18.8 Å². The van der Waals surface area contributed by atoms with Crippen LogP contribution in [-0.2, 0) is 0 Å². The van der Waals surface area contributed by atoms with Crippen LogP contribution >= 0.6 is 0 Å². The molecule has 4 heterocycles. The molecule has 170 valence electrons. The number of fused-ring (bicyclic) bond motifs is 2. The molecule has 0 unspecified atom stereocenters. The van der Waals surface area contributed by atoms with Crippen LogP contribution in [0.4, 0.5) is 5.69 Å². The Labute approximate surface area is 198 Å². The molecular weight excluding hydrogens is 440 g/mol. The van der Waals surface area contributed by atoms with E-state index < -0.39 is 0 Å². The minimum Gasteiger partial charge on any atom is -0.398 e. The summed E-state index contributed by atoms with van der Waals surface area (Å²) < 4.78 is 1.80. The number of rotatable bonds is 4. The Morgan fingerprint density at radius 2 is 1.97 bits per heavy atom. The second-order valence-corrected chi connectivity index (χ2v) is 8.83. The van der Waals surface area contributed by atoms with Crippen LogP contribution in [-0.4, -0.2) is 34.9 Å². The minimum atomic E-state index is -0.316. The molecule has 35 heavy (non-hydrogen) atoms. The largest absolute Gasteiger partial charge is 0.398 e. The summed E-state index contributed by atoms with van der Waals surface area (Å²) in [6.07, 6.45) is 9.33. The van der Waals surface area contributed by atoms with Crippen molar-refractivity contribution in [3.8, 4) is 28.2 Å². The fourth-order valence-corrected chi connectivity index (χ4v) is 4.64. The van der Waals surface area contributed by atoms with Gasteiger partial charge in [-0.15, -0.1) is 0 Å². The van der Waals surface area contributed by atoms with Crippen molar-refractivity contribution in [2.24, 2.45) is 0 Å². The number of nitrogens with two attached hydrogens (primary N) is 1. The first kappa shape index (κ1) is 19.7. The Morgan fingerprint density at radius 3 is 2.80 bits per heavy atom.